The number of hydrogen-bond acceptors (Lipinski definition) is 4. The van der Waals surface area contributed by atoms with E-state index in [1.165, 1.54) is 19.3 Å². The van der Waals surface area contributed by atoms with E-state index in [-0.39, 0.29) is 0 Å². The van der Waals surface area contributed by atoms with E-state index in [2.05, 4.69) is 15.4 Å². The second-order valence-corrected chi connectivity index (χ2v) is 5.16. The largest absolute Gasteiger partial charge is 0.307 e. The number of nitrogens with two attached hydrogens (primary N) is 1. The fourth-order valence-electron chi connectivity index (χ4n) is 2.64. The van der Waals surface area contributed by atoms with Crippen LogP contribution in [0.4, 0.5) is 0 Å². The first kappa shape index (κ1) is 13.0. The van der Waals surface area contributed by atoms with Crippen LogP contribution in [0.2, 0.25) is 0 Å². The Hall–Kier alpha value is -2.01. The monoisotopic (exact) mass is 269 g/mol. The number of aromatic nitrogens is 2. The van der Waals surface area contributed by atoms with Crippen LogP contribution in [0.1, 0.15) is 37.8 Å². The van der Waals surface area contributed by atoms with Crippen LogP contribution >= 0.6 is 0 Å². The minimum absolute atomic E-state index is 0.350. The maximum Gasteiger partial charge on any atom is 0.163 e. The van der Waals surface area contributed by atoms with Gasteiger partial charge in [-0.2, -0.15) is 0 Å². The first-order valence-electron chi connectivity index (χ1n) is 7.13. The fraction of sp³-hybridized carbons (Fsp3) is 0.400. The summed E-state index contributed by atoms with van der Waals surface area (Å²) in [6.07, 6.45) is 7.79. The van der Waals surface area contributed by atoms with Gasteiger partial charge in [-0.15, -0.1) is 0 Å². The SMILES string of the molecule is NNC(=NC1CCCCC1)c1cnc2ccccc2n1. The van der Waals surface area contributed by atoms with E-state index in [9.17, 15) is 0 Å². The smallest absolute Gasteiger partial charge is 0.163 e. The van der Waals surface area contributed by atoms with Gasteiger partial charge in [-0.25, -0.2) is 10.8 Å². The molecule has 20 heavy (non-hydrogen) atoms. The molecule has 1 saturated carbocycles. The van der Waals surface area contributed by atoms with Crippen molar-refractivity contribution in [1.29, 1.82) is 0 Å². The molecule has 2 aromatic rings. The van der Waals surface area contributed by atoms with Gasteiger partial charge in [0.25, 0.3) is 0 Å². The molecule has 1 heterocycles. The van der Waals surface area contributed by atoms with Crippen LogP contribution in [0.25, 0.3) is 11.0 Å². The number of aliphatic imine (C=N–C) groups is 1. The second-order valence-electron chi connectivity index (χ2n) is 5.16. The van der Waals surface area contributed by atoms with Crippen LogP contribution < -0.4 is 11.3 Å². The Morgan fingerprint density at radius 3 is 2.65 bits per heavy atom. The molecule has 0 spiro atoms. The number of benzene rings is 1. The van der Waals surface area contributed by atoms with E-state index in [0.717, 1.165) is 23.9 Å². The van der Waals surface area contributed by atoms with Gasteiger partial charge in [-0.05, 0) is 25.0 Å². The van der Waals surface area contributed by atoms with Gasteiger partial charge in [-0.1, -0.05) is 31.4 Å². The maximum atomic E-state index is 5.62. The van der Waals surface area contributed by atoms with E-state index >= 15 is 0 Å². The van der Waals surface area contributed by atoms with E-state index < -0.39 is 0 Å². The zero-order valence-corrected chi connectivity index (χ0v) is 11.4. The molecule has 1 aliphatic carbocycles. The fourth-order valence-corrected chi connectivity index (χ4v) is 2.64. The zero-order valence-electron chi connectivity index (χ0n) is 11.4. The van der Waals surface area contributed by atoms with Gasteiger partial charge in [0.05, 0.1) is 23.3 Å². The number of nitrogens with one attached hydrogen (secondary N) is 1. The predicted molar refractivity (Wildman–Crippen MR) is 80.3 cm³/mol. The Balaban J connectivity index is 1.91. The maximum absolute atomic E-state index is 5.62. The normalized spacial score (nSPS) is 17.4. The highest BCUT2D eigenvalue weighted by molar-refractivity contribution is 5.97. The van der Waals surface area contributed by atoms with Gasteiger partial charge in [0.2, 0.25) is 0 Å². The first-order chi connectivity index (χ1) is 9.86. The summed E-state index contributed by atoms with van der Waals surface area (Å²) in [5.74, 6) is 6.25. The minimum atomic E-state index is 0.350. The van der Waals surface area contributed by atoms with E-state index in [1.807, 2.05) is 24.3 Å². The van der Waals surface area contributed by atoms with E-state index in [4.69, 9.17) is 10.8 Å². The molecule has 104 valence electrons. The highest BCUT2D eigenvalue weighted by Gasteiger charge is 2.14. The third-order valence-corrected chi connectivity index (χ3v) is 3.71. The average molecular weight is 269 g/mol. The van der Waals surface area contributed by atoms with Crippen LogP contribution in [0, 0.1) is 0 Å². The van der Waals surface area contributed by atoms with Crippen molar-refractivity contribution < 1.29 is 0 Å². The summed E-state index contributed by atoms with van der Waals surface area (Å²) in [5.41, 5.74) is 5.12. The average Bonchev–Trinajstić information content (AvgIpc) is 2.53. The summed E-state index contributed by atoms with van der Waals surface area (Å²) in [5, 5.41) is 0. The summed E-state index contributed by atoms with van der Waals surface area (Å²) < 4.78 is 0. The molecule has 1 aliphatic rings. The third kappa shape index (κ3) is 2.77. The number of rotatable bonds is 2. The van der Waals surface area contributed by atoms with Crippen LogP contribution in [-0.4, -0.2) is 21.8 Å². The quantitative estimate of drug-likeness (QED) is 0.379. The number of nitrogens with zero attached hydrogens (tertiary/aromatic N) is 3. The van der Waals surface area contributed by atoms with Crippen LogP contribution in [-0.2, 0) is 0 Å². The van der Waals surface area contributed by atoms with E-state index in [1.54, 1.807) is 6.20 Å². The van der Waals surface area contributed by atoms with Gasteiger partial charge in [-0.3, -0.25) is 9.98 Å². The molecular formula is C15H19N5. The molecule has 1 aromatic heterocycles. The molecule has 0 bridgehead atoms. The van der Waals surface area contributed by atoms with Crippen molar-refractivity contribution >= 4 is 16.9 Å². The second kappa shape index (κ2) is 5.96. The van der Waals surface area contributed by atoms with Crippen molar-refractivity contribution in [3.63, 3.8) is 0 Å². The molecule has 0 aliphatic heterocycles. The topological polar surface area (TPSA) is 76.2 Å². The lowest BCUT2D eigenvalue weighted by molar-refractivity contribution is 0.442. The van der Waals surface area contributed by atoms with Crippen LogP contribution in [0.5, 0.6) is 0 Å². The minimum Gasteiger partial charge on any atom is -0.307 e. The number of amidine groups is 1. The third-order valence-electron chi connectivity index (χ3n) is 3.71. The van der Waals surface area contributed by atoms with Gasteiger partial charge in [0, 0.05) is 0 Å². The molecule has 0 unspecified atom stereocenters. The molecule has 1 fully saturated rings. The van der Waals surface area contributed by atoms with Gasteiger partial charge in [0.1, 0.15) is 5.69 Å². The molecule has 0 saturated heterocycles. The summed E-state index contributed by atoms with van der Waals surface area (Å²) in [7, 11) is 0. The van der Waals surface area contributed by atoms with Crippen molar-refractivity contribution in [2.24, 2.45) is 10.8 Å². The molecule has 3 rings (SSSR count). The van der Waals surface area contributed by atoms with Gasteiger partial charge >= 0.3 is 0 Å². The number of hydrazine groups is 1. The van der Waals surface area contributed by atoms with Crippen LogP contribution in [0.3, 0.4) is 0 Å². The lowest BCUT2D eigenvalue weighted by Crippen LogP contribution is -2.33. The standard InChI is InChI=1S/C15H19N5/c16-20-15(18-11-6-2-1-3-7-11)14-10-17-12-8-4-5-9-13(12)19-14/h4-5,8-11H,1-3,6-7,16H2,(H,18,20). The number of fused-ring (bicyclic) bond motifs is 1. The van der Waals surface area contributed by atoms with Gasteiger partial charge in [0.15, 0.2) is 5.84 Å². The Morgan fingerprint density at radius 2 is 1.90 bits per heavy atom. The summed E-state index contributed by atoms with van der Waals surface area (Å²) in [4.78, 5) is 13.7. The molecule has 0 radical (unpaired) electrons. The first-order valence-corrected chi connectivity index (χ1v) is 7.13. The number of hydrogen-bond donors (Lipinski definition) is 2. The van der Waals surface area contributed by atoms with Crippen molar-refractivity contribution in [3.8, 4) is 0 Å². The zero-order chi connectivity index (χ0) is 13.8. The molecule has 0 amide bonds. The van der Waals surface area contributed by atoms with E-state index in [0.29, 0.717) is 17.6 Å². The molecule has 5 nitrogen and oxygen atoms in total. The number of para-hydroxylation sites is 2. The molecule has 3 N–H and O–H groups in total. The Morgan fingerprint density at radius 1 is 1.15 bits per heavy atom. The lowest BCUT2D eigenvalue weighted by Gasteiger charge is -2.19. The van der Waals surface area contributed by atoms with Crippen molar-refractivity contribution in [1.82, 2.24) is 15.4 Å². The summed E-state index contributed by atoms with van der Waals surface area (Å²) in [6.45, 7) is 0. The van der Waals surface area contributed by atoms with Crippen molar-refractivity contribution in [2.45, 2.75) is 38.1 Å². The molecule has 0 atom stereocenters. The molecule has 1 aromatic carbocycles. The van der Waals surface area contributed by atoms with Crippen LogP contribution in [0.15, 0.2) is 35.5 Å². The van der Waals surface area contributed by atoms with Crippen molar-refractivity contribution in [3.05, 3.63) is 36.2 Å². The summed E-state index contributed by atoms with van der Waals surface area (Å²) in [6, 6.07) is 8.15. The summed E-state index contributed by atoms with van der Waals surface area (Å²) >= 11 is 0. The highest BCUT2D eigenvalue weighted by Crippen LogP contribution is 2.20. The molecule has 5 heteroatoms. The van der Waals surface area contributed by atoms with Crippen molar-refractivity contribution in [2.75, 3.05) is 0 Å². The highest BCUT2D eigenvalue weighted by atomic mass is 15.3. The molecular weight excluding hydrogens is 250 g/mol. The lowest BCUT2D eigenvalue weighted by atomic mass is 9.96. The Labute approximate surface area is 118 Å². The Bertz CT molecular complexity index is 616. The Kier molecular flexibility index (Phi) is 3.87. The van der Waals surface area contributed by atoms with Gasteiger partial charge < -0.3 is 5.43 Å². The predicted octanol–water partition coefficient (Wildman–Crippen LogP) is 2.17.